The average molecular weight is 212 g/mol. The van der Waals surface area contributed by atoms with Gasteiger partial charge in [0.1, 0.15) is 10.8 Å². The quantitative estimate of drug-likeness (QED) is 0.774. The van der Waals surface area contributed by atoms with Crippen molar-refractivity contribution in [3.05, 3.63) is 11.8 Å². The Hall–Kier alpha value is -1.23. The zero-order chi connectivity index (χ0) is 10.6. The first-order chi connectivity index (χ1) is 6.61. The highest BCUT2D eigenvalue weighted by Crippen LogP contribution is 2.15. The van der Waals surface area contributed by atoms with Crippen LogP contribution >= 0.6 is 11.5 Å². The van der Waals surface area contributed by atoms with Gasteiger partial charge in [0.15, 0.2) is 0 Å². The van der Waals surface area contributed by atoms with Crippen molar-refractivity contribution in [1.82, 2.24) is 4.37 Å². The van der Waals surface area contributed by atoms with Crippen LogP contribution in [0.25, 0.3) is 0 Å². The molecule has 1 amide bonds. The van der Waals surface area contributed by atoms with Crippen LogP contribution in [0.5, 0.6) is 0 Å². The topological polar surface area (TPSA) is 59.1 Å². The van der Waals surface area contributed by atoms with Crippen LogP contribution in [0.4, 0.5) is 5.00 Å². The number of nitrogens with one attached hydrogen (secondary N) is 1. The van der Waals surface area contributed by atoms with E-state index in [0.717, 1.165) is 5.69 Å². The van der Waals surface area contributed by atoms with Crippen molar-refractivity contribution in [1.29, 1.82) is 0 Å². The van der Waals surface area contributed by atoms with Crippen molar-refractivity contribution in [3.8, 4) is 0 Å². The number of amides is 1. The van der Waals surface area contributed by atoms with Gasteiger partial charge in [0.25, 0.3) is 0 Å². The Morgan fingerprint density at radius 2 is 2.29 bits per heavy atom. The summed E-state index contributed by atoms with van der Waals surface area (Å²) in [6, 6.07) is 1.78. The predicted molar refractivity (Wildman–Crippen MR) is 55.4 cm³/mol. The molecule has 4 nitrogen and oxygen atoms in total. The Balaban J connectivity index is 2.45. The average Bonchev–Trinajstić information content (AvgIpc) is 2.50. The number of nitrogens with zero attached hydrogens (tertiary/aromatic N) is 1. The number of carbonyl (C=O) groups is 2. The third-order valence-electron chi connectivity index (χ3n) is 1.64. The fraction of sp³-hybridized carbons (Fsp3) is 0.444. The molecule has 0 saturated heterocycles. The fourth-order valence-electron chi connectivity index (χ4n) is 0.908. The lowest BCUT2D eigenvalue weighted by atomic mass is 10.2. The first-order valence-corrected chi connectivity index (χ1v) is 5.14. The van der Waals surface area contributed by atoms with E-state index in [0.29, 0.717) is 11.4 Å². The van der Waals surface area contributed by atoms with E-state index < -0.39 is 0 Å². The summed E-state index contributed by atoms with van der Waals surface area (Å²) >= 11 is 1.22. The molecule has 0 unspecified atom stereocenters. The molecule has 0 spiro atoms. The van der Waals surface area contributed by atoms with E-state index >= 15 is 0 Å². The fourth-order valence-corrected chi connectivity index (χ4v) is 1.59. The van der Waals surface area contributed by atoms with E-state index in [-0.39, 0.29) is 18.1 Å². The van der Waals surface area contributed by atoms with E-state index in [2.05, 4.69) is 9.69 Å². The van der Waals surface area contributed by atoms with Gasteiger partial charge >= 0.3 is 0 Å². The van der Waals surface area contributed by atoms with Gasteiger partial charge in [0, 0.05) is 6.42 Å². The molecule has 76 valence electrons. The SMILES string of the molecule is CCC(=O)CC(=O)Nc1cc(C)ns1. The number of Topliss-reactive ketones (excluding diaryl/α,β-unsaturated/α-hetero) is 1. The normalized spacial score (nSPS) is 9.86. The molecular formula is C9H12N2O2S. The highest BCUT2D eigenvalue weighted by Gasteiger charge is 2.08. The minimum atomic E-state index is -0.263. The molecule has 0 bridgehead atoms. The summed E-state index contributed by atoms with van der Waals surface area (Å²) in [5.74, 6) is -0.316. The lowest BCUT2D eigenvalue weighted by Crippen LogP contribution is -2.15. The third kappa shape index (κ3) is 3.26. The number of hydrogen-bond donors (Lipinski definition) is 1. The van der Waals surface area contributed by atoms with Crippen molar-refractivity contribution in [3.63, 3.8) is 0 Å². The van der Waals surface area contributed by atoms with Gasteiger partial charge in [-0.25, -0.2) is 0 Å². The third-order valence-corrected chi connectivity index (χ3v) is 2.44. The minimum absolute atomic E-state index is 0.0482. The molecule has 0 fully saturated rings. The van der Waals surface area contributed by atoms with Gasteiger partial charge in [0.05, 0.1) is 12.1 Å². The number of hydrogen-bond acceptors (Lipinski definition) is 4. The standard InChI is InChI=1S/C9H12N2O2S/c1-3-7(12)5-8(13)10-9-4-6(2)11-14-9/h4H,3,5H2,1-2H3,(H,10,13). The van der Waals surface area contributed by atoms with Crippen LogP contribution in [0.1, 0.15) is 25.5 Å². The van der Waals surface area contributed by atoms with Crippen LogP contribution in [0.2, 0.25) is 0 Å². The van der Waals surface area contributed by atoms with E-state index in [1.165, 1.54) is 11.5 Å². The molecule has 1 rings (SSSR count). The molecule has 1 N–H and O–H groups in total. The summed E-state index contributed by atoms with van der Waals surface area (Å²) < 4.78 is 4.01. The zero-order valence-electron chi connectivity index (χ0n) is 8.16. The summed E-state index contributed by atoms with van der Waals surface area (Å²) in [7, 11) is 0. The van der Waals surface area contributed by atoms with Crippen molar-refractivity contribution >= 4 is 28.2 Å². The van der Waals surface area contributed by atoms with Crippen LogP contribution in [0, 0.1) is 6.92 Å². The first-order valence-electron chi connectivity index (χ1n) is 4.36. The Morgan fingerprint density at radius 3 is 2.79 bits per heavy atom. The van der Waals surface area contributed by atoms with Crippen molar-refractivity contribution in [2.75, 3.05) is 5.32 Å². The molecule has 0 radical (unpaired) electrons. The Kier molecular flexibility index (Phi) is 3.76. The maximum absolute atomic E-state index is 11.2. The monoisotopic (exact) mass is 212 g/mol. The highest BCUT2D eigenvalue weighted by atomic mass is 32.1. The van der Waals surface area contributed by atoms with Crippen molar-refractivity contribution in [2.24, 2.45) is 0 Å². The number of anilines is 1. The molecule has 1 aromatic rings. The molecule has 0 atom stereocenters. The predicted octanol–water partition coefficient (Wildman–Crippen LogP) is 1.76. The Bertz CT molecular complexity index is 346. The smallest absolute Gasteiger partial charge is 0.232 e. The maximum atomic E-state index is 11.2. The minimum Gasteiger partial charge on any atom is -0.316 e. The molecule has 0 aliphatic heterocycles. The second-order valence-corrected chi connectivity index (χ2v) is 3.75. The molecule has 0 aromatic carbocycles. The molecule has 0 aliphatic carbocycles. The molecule has 5 heteroatoms. The van der Waals surface area contributed by atoms with Crippen molar-refractivity contribution < 1.29 is 9.59 Å². The number of carbonyl (C=O) groups excluding carboxylic acids is 2. The van der Waals surface area contributed by atoms with Crippen LogP contribution in [0.15, 0.2) is 6.07 Å². The summed E-state index contributed by atoms with van der Waals surface area (Å²) in [6.07, 6.45) is 0.350. The number of aromatic nitrogens is 1. The summed E-state index contributed by atoms with van der Waals surface area (Å²) in [4.78, 5) is 22.2. The number of ketones is 1. The van der Waals surface area contributed by atoms with Gasteiger partial charge < -0.3 is 5.32 Å². The zero-order valence-corrected chi connectivity index (χ0v) is 8.98. The molecule has 0 aliphatic rings. The molecule has 1 aromatic heterocycles. The Labute approximate surface area is 86.5 Å². The van der Waals surface area contributed by atoms with E-state index in [9.17, 15) is 9.59 Å². The van der Waals surface area contributed by atoms with Gasteiger partial charge in [-0.3, -0.25) is 9.59 Å². The lowest BCUT2D eigenvalue weighted by Gasteiger charge is -1.99. The highest BCUT2D eigenvalue weighted by molar-refractivity contribution is 7.10. The molecule has 1 heterocycles. The van der Waals surface area contributed by atoms with E-state index in [4.69, 9.17) is 0 Å². The molecule has 14 heavy (non-hydrogen) atoms. The van der Waals surface area contributed by atoms with Crippen LogP contribution < -0.4 is 5.32 Å². The molecule has 0 saturated carbocycles. The van der Waals surface area contributed by atoms with Gasteiger partial charge in [-0.15, -0.1) is 0 Å². The van der Waals surface area contributed by atoms with Gasteiger partial charge in [-0.1, -0.05) is 6.92 Å². The first kappa shape index (κ1) is 10.8. The van der Waals surface area contributed by atoms with Crippen LogP contribution in [-0.2, 0) is 9.59 Å². The van der Waals surface area contributed by atoms with E-state index in [1.807, 2.05) is 6.92 Å². The molecular weight excluding hydrogens is 200 g/mol. The maximum Gasteiger partial charge on any atom is 0.232 e. The van der Waals surface area contributed by atoms with E-state index in [1.54, 1.807) is 13.0 Å². The number of rotatable bonds is 4. The second kappa shape index (κ2) is 4.85. The summed E-state index contributed by atoms with van der Waals surface area (Å²) in [6.45, 7) is 3.59. The summed E-state index contributed by atoms with van der Waals surface area (Å²) in [5, 5.41) is 3.32. The van der Waals surface area contributed by atoms with Gasteiger partial charge in [-0.05, 0) is 24.5 Å². The van der Waals surface area contributed by atoms with Gasteiger partial charge in [0.2, 0.25) is 5.91 Å². The largest absolute Gasteiger partial charge is 0.316 e. The second-order valence-electron chi connectivity index (χ2n) is 2.95. The summed E-state index contributed by atoms with van der Waals surface area (Å²) in [5.41, 5.74) is 0.868. The van der Waals surface area contributed by atoms with Crippen LogP contribution in [0.3, 0.4) is 0 Å². The number of aryl methyl sites for hydroxylation is 1. The van der Waals surface area contributed by atoms with Crippen LogP contribution in [-0.4, -0.2) is 16.1 Å². The van der Waals surface area contributed by atoms with Gasteiger partial charge in [-0.2, -0.15) is 4.37 Å². The lowest BCUT2D eigenvalue weighted by molar-refractivity contribution is -0.125. The van der Waals surface area contributed by atoms with Crippen molar-refractivity contribution in [2.45, 2.75) is 26.7 Å². The Morgan fingerprint density at radius 1 is 1.57 bits per heavy atom.